The van der Waals surface area contributed by atoms with Crippen molar-refractivity contribution in [2.45, 2.75) is 24.9 Å². The van der Waals surface area contributed by atoms with Gasteiger partial charge in [0, 0.05) is 25.7 Å². The summed E-state index contributed by atoms with van der Waals surface area (Å²) < 4.78 is 0. The van der Waals surface area contributed by atoms with E-state index in [0.29, 0.717) is 6.04 Å². The molecule has 0 saturated carbocycles. The third-order valence-corrected chi connectivity index (χ3v) is 3.35. The topological polar surface area (TPSA) is 38.7 Å². The second-order valence-corrected chi connectivity index (χ2v) is 5.14. The third-order valence-electron chi connectivity index (χ3n) is 3.35. The Bertz CT molecular complexity index is 186. The van der Waals surface area contributed by atoms with Crippen LogP contribution < -0.4 is 5.32 Å². The molecule has 1 saturated heterocycles. The minimum Gasteiger partial charge on any atom is -0.394 e. The Kier molecular flexibility index (Phi) is 4.52. The molecule has 90 valence electrons. The van der Waals surface area contributed by atoms with Gasteiger partial charge in [0.05, 0.1) is 12.1 Å². The van der Waals surface area contributed by atoms with Crippen LogP contribution >= 0.6 is 0 Å². The minimum absolute atomic E-state index is 0.0792. The summed E-state index contributed by atoms with van der Waals surface area (Å²) in [4.78, 5) is 4.46. The number of likely N-dealkylation sites (N-methyl/N-ethyl adjacent to an activating group) is 2. The summed E-state index contributed by atoms with van der Waals surface area (Å²) in [6, 6.07) is 0.559. The Balaban J connectivity index is 2.41. The molecule has 1 heterocycles. The Morgan fingerprint density at radius 3 is 2.60 bits per heavy atom. The molecule has 2 unspecified atom stereocenters. The molecule has 2 atom stereocenters. The first kappa shape index (κ1) is 12.9. The van der Waals surface area contributed by atoms with Crippen molar-refractivity contribution in [3.05, 3.63) is 0 Å². The van der Waals surface area contributed by atoms with Crippen LogP contribution in [0.15, 0.2) is 0 Å². The van der Waals surface area contributed by atoms with Crippen molar-refractivity contribution in [3.63, 3.8) is 0 Å². The smallest absolute Gasteiger partial charge is 0.0626 e. The zero-order valence-corrected chi connectivity index (χ0v) is 10.5. The summed E-state index contributed by atoms with van der Waals surface area (Å²) in [6.45, 7) is 5.34. The number of hydrogen-bond acceptors (Lipinski definition) is 4. The van der Waals surface area contributed by atoms with E-state index in [1.807, 2.05) is 0 Å². The van der Waals surface area contributed by atoms with Crippen molar-refractivity contribution in [1.82, 2.24) is 15.1 Å². The van der Waals surface area contributed by atoms with Gasteiger partial charge in [-0.2, -0.15) is 0 Å². The zero-order chi connectivity index (χ0) is 11.5. The summed E-state index contributed by atoms with van der Waals surface area (Å²) in [5.74, 6) is 0. The van der Waals surface area contributed by atoms with Gasteiger partial charge in [0.2, 0.25) is 0 Å². The maximum atomic E-state index is 9.51. The predicted octanol–water partition coefficient (Wildman–Crippen LogP) is -0.407. The first-order chi connectivity index (χ1) is 6.99. The summed E-state index contributed by atoms with van der Waals surface area (Å²) in [7, 11) is 6.25. The highest BCUT2D eigenvalue weighted by Crippen LogP contribution is 2.24. The monoisotopic (exact) mass is 215 g/mol. The molecule has 1 rings (SSSR count). The van der Waals surface area contributed by atoms with E-state index < -0.39 is 0 Å². The van der Waals surface area contributed by atoms with E-state index in [1.54, 1.807) is 0 Å². The number of likely N-dealkylation sites (tertiary alicyclic amines) is 1. The lowest BCUT2D eigenvalue weighted by Crippen LogP contribution is -2.52. The fourth-order valence-electron chi connectivity index (χ4n) is 2.26. The molecular weight excluding hydrogens is 190 g/mol. The highest BCUT2D eigenvalue weighted by Gasteiger charge is 2.39. The molecule has 1 fully saturated rings. The standard InChI is InChI=1S/C11H25N3O/c1-10-7-11(9-15,8-14(10)4)12-5-6-13(2)3/h10,12,15H,5-9H2,1-4H3. The van der Waals surface area contributed by atoms with Crippen LogP contribution in [0.5, 0.6) is 0 Å². The van der Waals surface area contributed by atoms with Gasteiger partial charge in [-0.15, -0.1) is 0 Å². The van der Waals surface area contributed by atoms with E-state index in [9.17, 15) is 5.11 Å². The van der Waals surface area contributed by atoms with Crippen molar-refractivity contribution in [2.75, 3.05) is 47.4 Å². The van der Waals surface area contributed by atoms with E-state index in [0.717, 1.165) is 26.1 Å². The fourth-order valence-corrected chi connectivity index (χ4v) is 2.26. The van der Waals surface area contributed by atoms with Gasteiger partial charge in [0.15, 0.2) is 0 Å². The van der Waals surface area contributed by atoms with E-state index >= 15 is 0 Å². The van der Waals surface area contributed by atoms with Crippen LogP contribution in [0.2, 0.25) is 0 Å². The molecule has 1 aliphatic rings. The van der Waals surface area contributed by atoms with Gasteiger partial charge in [-0.25, -0.2) is 0 Å². The van der Waals surface area contributed by atoms with Gasteiger partial charge in [-0.1, -0.05) is 0 Å². The first-order valence-electron chi connectivity index (χ1n) is 5.70. The Morgan fingerprint density at radius 1 is 1.53 bits per heavy atom. The Morgan fingerprint density at radius 2 is 2.20 bits per heavy atom. The average molecular weight is 215 g/mol. The Hall–Kier alpha value is -0.160. The van der Waals surface area contributed by atoms with Gasteiger partial charge in [-0.05, 0) is 34.5 Å². The molecule has 4 nitrogen and oxygen atoms in total. The molecule has 0 radical (unpaired) electrons. The highest BCUT2D eigenvalue weighted by molar-refractivity contribution is 4.99. The lowest BCUT2D eigenvalue weighted by Gasteiger charge is -2.28. The van der Waals surface area contributed by atoms with E-state index in [2.05, 4.69) is 43.2 Å². The normalized spacial score (nSPS) is 32.8. The molecular formula is C11H25N3O. The number of aliphatic hydroxyl groups excluding tert-OH is 1. The maximum Gasteiger partial charge on any atom is 0.0626 e. The SMILES string of the molecule is CC1CC(CO)(NCCN(C)C)CN1C. The van der Waals surface area contributed by atoms with Crippen LogP contribution in [0, 0.1) is 0 Å². The summed E-state index contributed by atoms with van der Waals surface area (Å²) >= 11 is 0. The van der Waals surface area contributed by atoms with Gasteiger partial charge >= 0.3 is 0 Å². The fraction of sp³-hybridized carbons (Fsp3) is 1.00. The minimum atomic E-state index is -0.0792. The number of nitrogens with zero attached hydrogens (tertiary/aromatic N) is 2. The second-order valence-electron chi connectivity index (χ2n) is 5.14. The molecule has 1 aliphatic heterocycles. The molecule has 0 bridgehead atoms. The van der Waals surface area contributed by atoms with Crippen LogP contribution in [0.1, 0.15) is 13.3 Å². The molecule has 0 spiro atoms. The van der Waals surface area contributed by atoms with Crippen LogP contribution in [0.25, 0.3) is 0 Å². The first-order valence-corrected chi connectivity index (χ1v) is 5.70. The number of rotatable bonds is 5. The third kappa shape index (κ3) is 3.41. The second kappa shape index (κ2) is 5.25. The molecule has 0 amide bonds. The lowest BCUT2D eigenvalue weighted by atomic mass is 9.97. The molecule has 15 heavy (non-hydrogen) atoms. The summed E-state index contributed by atoms with van der Waals surface area (Å²) in [5.41, 5.74) is -0.0792. The van der Waals surface area contributed by atoms with Crippen LogP contribution in [0.3, 0.4) is 0 Å². The van der Waals surface area contributed by atoms with Crippen LogP contribution in [0.4, 0.5) is 0 Å². The molecule has 0 aliphatic carbocycles. The van der Waals surface area contributed by atoms with E-state index in [1.165, 1.54) is 0 Å². The van der Waals surface area contributed by atoms with Crippen LogP contribution in [-0.2, 0) is 0 Å². The quantitative estimate of drug-likeness (QED) is 0.654. The summed E-state index contributed by atoms with van der Waals surface area (Å²) in [6.07, 6.45) is 1.04. The van der Waals surface area contributed by atoms with Crippen molar-refractivity contribution in [2.24, 2.45) is 0 Å². The number of hydrogen-bond donors (Lipinski definition) is 2. The number of aliphatic hydroxyl groups is 1. The Labute approximate surface area is 93.2 Å². The van der Waals surface area contributed by atoms with Gasteiger partial charge < -0.3 is 20.2 Å². The van der Waals surface area contributed by atoms with Crippen molar-refractivity contribution < 1.29 is 5.11 Å². The number of nitrogens with one attached hydrogen (secondary N) is 1. The predicted molar refractivity (Wildman–Crippen MR) is 63.1 cm³/mol. The van der Waals surface area contributed by atoms with E-state index in [-0.39, 0.29) is 12.1 Å². The highest BCUT2D eigenvalue weighted by atomic mass is 16.3. The molecule has 4 heteroatoms. The van der Waals surface area contributed by atoms with Gasteiger partial charge in [0.1, 0.15) is 0 Å². The lowest BCUT2D eigenvalue weighted by molar-refractivity contribution is 0.162. The summed E-state index contributed by atoms with van der Waals surface area (Å²) in [5, 5.41) is 13.0. The molecule has 0 aromatic carbocycles. The van der Waals surface area contributed by atoms with Gasteiger partial charge in [0.25, 0.3) is 0 Å². The molecule has 2 N–H and O–H groups in total. The maximum absolute atomic E-state index is 9.51. The van der Waals surface area contributed by atoms with Gasteiger partial charge in [-0.3, -0.25) is 0 Å². The molecule has 0 aromatic rings. The largest absolute Gasteiger partial charge is 0.394 e. The van der Waals surface area contributed by atoms with Crippen LogP contribution in [-0.4, -0.2) is 73.9 Å². The zero-order valence-electron chi connectivity index (χ0n) is 10.5. The average Bonchev–Trinajstić information content (AvgIpc) is 2.43. The van der Waals surface area contributed by atoms with E-state index in [4.69, 9.17) is 0 Å². The van der Waals surface area contributed by atoms with Crippen molar-refractivity contribution >= 4 is 0 Å². The van der Waals surface area contributed by atoms with Crippen molar-refractivity contribution in [3.8, 4) is 0 Å². The van der Waals surface area contributed by atoms with Crippen molar-refractivity contribution in [1.29, 1.82) is 0 Å². The molecule has 0 aromatic heterocycles.